The zero-order valence-corrected chi connectivity index (χ0v) is 4.73. The maximum Gasteiger partial charge on any atom is 0.252 e. The maximum absolute atomic E-state index is 10.5. The molecule has 1 saturated heterocycles. The van der Waals surface area contributed by atoms with E-state index in [-0.39, 0.29) is 18.0 Å². The van der Waals surface area contributed by atoms with Gasteiger partial charge in [0.25, 0.3) is 5.91 Å². The van der Waals surface area contributed by atoms with Crippen molar-refractivity contribution in [2.45, 2.75) is 0 Å². The summed E-state index contributed by atoms with van der Waals surface area (Å²) in [5, 5.41) is 2.43. The Labute approximate surface area is 52.1 Å². The van der Waals surface area contributed by atoms with E-state index in [0.717, 1.165) is 0 Å². The van der Waals surface area contributed by atoms with Crippen LogP contribution in [0.5, 0.6) is 0 Å². The van der Waals surface area contributed by atoms with Crippen molar-refractivity contribution in [2.75, 3.05) is 6.54 Å². The molecule has 1 aliphatic heterocycles. The summed E-state index contributed by atoms with van der Waals surface area (Å²) < 4.78 is 0. The molecule has 1 amide bonds. The molecule has 0 radical (unpaired) electrons. The predicted octanol–water partition coefficient (Wildman–Crippen LogP) is -0.570. The Bertz CT molecular complexity index is 223. The lowest BCUT2D eigenvalue weighted by atomic mass is 10.2. The first kappa shape index (κ1) is 5.79. The highest BCUT2D eigenvalue weighted by molar-refractivity contribution is 6.03. The Morgan fingerprint density at radius 1 is 1.67 bits per heavy atom. The lowest BCUT2D eigenvalue weighted by Crippen LogP contribution is -2.13. The number of amides is 1. The van der Waals surface area contributed by atoms with Crippen molar-refractivity contribution in [1.29, 1.82) is 0 Å². The van der Waals surface area contributed by atoms with Crippen molar-refractivity contribution in [3.8, 4) is 0 Å². The Hall–Kier alpha value is -1.34. The van der Waals surface area contributed by atoms with Crippen LogP contribution >= 0.6 is 0 Å². The summed E-state index contributed by atoms with van der Waals surface area (Å²) in [6, 6.07) is 0. The van der Waals surface area contributed by atoms with Crippen molar-refractivity contribution in [1.82, 2.24) is 5.32 Å². The molecule has 0 aromatic rings. The Morgan fingerprint density at radius 2 is 2.33 bits per heavy atom. The number of nitrogens with one attached hydrogen (secondary N) is 1. The van der Waals surface area contributed by atoms with Crippen LogP contribution in [-0.2, 0) is 9.59 Å². The van der Waals surface area contributed by atoms with E-state index in [4.69, 9.17) is 0 Å². The van der Waals surface area contributed by atoms with Gasteiger partial charge in [0.1, 0.15) is 5.94 Å². The Morgan fingerprint density at radius 3 is 2.56 bits per heavy atom. The fourth-order valence-electron chi connectivity index (χ4n) is 0.617. The van der Waals surface area contributed by atoms with Gasteiger partial charge < -0.3 is 5.32 Å². The van der Waals surface area contributed by atoms with Crippen LogP contribution in [0, 0.1) is 0 Å². The molecule has 1 rings (SSSR count). The van der Waals surface area contributed by atoms with E-state index in [0.29, 0.717) is 5.57 Å². The van der Waals surface area contributed by atoms with Gasteiger partial charge >= 0.3 is 0 Å². The lowest BCUT2D eigenvalue weighted by Gasteiger charge is -1.81. The zero-order chi connectivity index (χ0) is 6.85. The van der Waals surface area contributed by atoms with Crippen LogP contribution in [-0.4, -0.2) is 18.4 Å². The molecule has 3 heteroatoms. The highest BCUT2D eigenvalue weighted by atomic mass is 16.2. The molecule has 9 heavy (non-hydrogen) atoms. The van der Waals surface area contributed by atoms with Crippen LogP contribution in [0.3, 0.4) is 0 Å². The molecule has 0 saturated carbocycles. The third kappa shape index (κ3) is 0.775. The number of carbonyl (C=O) groups is 1. The number of hydrogen-bond acceptors (Lipinski definition) is 2. The standard InChI is InChI=1S/C6H5NO2/c1-4-5(3-8)2-7-6(4)9/h1-2H2,(H,7,9). The average Bonchev–Trinajstić information content (AvgIpc) is 2.15. The molecule has 1 fully saturated rings. The van der Waals surface area contributed by atoms with E-state index in [1.54, 1.807) is 5.94 Å². The van der Waals surface area contributed by atoms with Gasteiger partial charge in [-0.2, -0.15) is 0 Å². The summed E-state index contributed by atoms with van der Waals surface area (Å²) in [7, 11) is 0. The molecule has 1 N–H and O–H groups in total. The molecular formula is C6H5NO2. The quantitative estimate of drug-likeness (QED) is 0.346. The van der Waals surface area contributed by atoms with Gasteiger partial charge in [-0.25, -0.2) is 4.79 Å². The van der Waals surface area contributed by atoms with Crippen molar-refractivity contribution >= 4 is 11.8 Å². The van der Waals surface area contributed by atoms with E-state index in [9.17, 15) is 9.59 Å². The fourth-order valence-corrected chi connectivity index (χ4v) is 0.617. The van der Waals surface area contributed by atoms with Crippen LogP contribution in [0.4, 0.5) is 0 Å². The van der Waals surface area contributed by atoms with E-state index < -0.39 is 0 Å². The Balaban J connectivity index is 2.99. The van der Waals surface area contributed by atoms with Crippen molar-refractivity contribution in [3.63, 3.8) is 0 Å². The van der Waals surface area contributed by atoms with Crippen LogP contribution in [0.2, 0.25) is 0 Å². The van der Waals surface area contributed by atoms with Crippen molar-refractivity contribution in [3.05, 3.63) is 17.7 Å². The van der Waals surface area contributed by atoms with E-state index in [2.05, 4.69) is 11.9 Å². The average molecular weight is 123 g/mol. The molecule has 0 aromatic carbocycles. The molecule has 0 atom stereocenters. The van der Waals surface area contributed by atoms with E-state index >= 15 is 0 Å². The molecule has 0 aliphatic carbocycles. The second-order valence-corrected chi connectivity index (χ2v) is 1.74. The number of hydrogen-bond donors (Lipinski definition) is 1. The number of rotatable bonds is 0. The first-order valence-electron chi connectivity index (χ1n) is 2.47. The molecular weight excluding hydrogens is 118 g/mol. The van der Waals surface area contributed by atoms with E-state index in [1.807, 2.05) is 0 Å². The van der Waals surface area contributed by atoms with Gasteiger partial charge in [0.05, 0.1) is 12.1 Å². The third-order valence-corrected chi connectivity index (χ3v) is 1.19. The van der Waals surface area contributed by atoms with Crippen molar-refractivity contribution < 1.29 is 9.59 Å². The summed E-state index contributed by atoms with van der Waals surface area (Å²) in [6.07, 6.45) is 0. The third-order valence-electron chi connectivity index (χ3n) is 1.19. The first-order valence-corrected chi connectivity index (χ1v) is 2.47. The Kier molecular flexibility index (Phi) is 1.21. The minimum atomic E-state index is -0.270. The van der Waals surface area contributed by atoms with Crippen LogP contribution in [0.1, 0.15) is 0 Å². The lowest BCUT2D eigenvalue weighted by molar-refractivity contribution is -0.116. The first-order chi connectivity index (χ1) is 4.25. The minimum absolute atomic E-state index is 0.241. The summed E-state index contributed by atoms with van der Waals surface area (Å²) in [6.45, 7) is 3.65. The molecule has 0 bridgehead atoms. The summed E-state index contributed by atoms with van der Waals surface area (Å²) >= 11 is 0. The summed E-state index contributed by atoms with van der Waals surface area (Å²) in [4.78, 5) is 20.5. The minimum Gasteiger partial charge on any atom is -0.347 e. The molecule has 1 aliphatic rings. The highest BCUT2D eigenvalue weighted by Crippen LogP contribution is 2.08. The summed E-state index contributed by atoms with van der Waals surface area (Å²) in [5.41, 5.74) is 0.574. The van der Waals surface area contributed by atoms with Crippen LogP contribution in [0.15, 0.2) is 17.7 Å². The maximum atomic E-state index is 10.5. The van der Waals surface area contributed by atoms with Gasteiger partial charge in [-0.1, -0.05) is 6.58 Å². The smallest absolute Gasteiger partial charge is 0.252 e. The van der Waals surface area contributed by atoms with Gasteiger partial charge in [0.2, 0.25) is 0 Å². The van der Waals surface area contributed by atoms with Gasteiger partial charge in [0.15, 0.2) is 0 Å². The fraction of sp³-hybridized carbons (Fsp3) is 0.167. The topological polar surface area (TPSA) is 46.2 Å². The second-order valence-electron chi connectivity index (χ2n) is 1.74. The monoisotopic (exact) mass is 123 g/mol. The largest absolute Gasteiger partial charge is 0.347 e. The summed E-state index contributed by atoms with van der Waals surface area (Å²) in [5.74, 6) is 1.36. The van der Waals surface area contributed by atoms with Gasteiger partial charge in [-0.05, 0) is 0 Å². The van der Waals surface area contributed by atoms with Crippen LogP contribution in [0.25, 0.3) is 0 Å². The van der Waals surface area contributed by atoms with Crippen molar-refractivity contribution in [2.24, 2.45) is 0 Å². The molecule has 1 heterocycles. The zero-order valence-electron chi connectivity index (χ0n) is 4.73. The van der Waals surface area contributed by atoms with Gasteiger partial charge in [-0.15, -0.1) is 0 Å². The molecule has 46 valence electrons. The van der Waals surface area contributed by atoms with Gasteiger partial charge in [-0.3, -0.25) is 4.79 Å². The number of carbonyl (C=O) groups excluding carboxylic acids is 2. The molecule has 0 unspecified atom stereocenters. The predicted molar refractivity (Wildman–Crippen MR) is 31.4 cm³/mol. The molecule has 0 spiro atoms. The SMILES string of the molecule is C=C1C(=O)NCC1=C=O. The molecule has 0 aromatic heterocycles. The van der Waals surface area contributed by atoms with Crippen LogP contribution < -0.4 is 5.32 Å². The molecule has 3 nitrogen and oxygen atoms in total. The highest BCUT2D eigenvalue weighted by Gasteiger charge is 2.19. The van der Waals surface area contributed by atoms with Gasteiger partial charge in [0, 0.05) is 5.57 Å². The van der Waals surface area contributed by atoms with E-state index in [1.165, 1.54) is 0 Å². The normalized spacial score (nSPS) is 17.6. The second kappa shape index (κ2) is 1.88.